The lowest BCUT2D eigenvalue weighted by Crippen LogP contribution is -1.98. The number of nitrogen functional groups attached to an aromatic ring is 1. The molecule has 0 heterocycles. The molecular weight excluding hydrogens is 233 g/mol. The zero-order valence-corrected chi connectivity index (χ0v) is 10.6. The summed E-state index contributed by atoms with van der Waals surface area (Å²) < 4.78 is 15.5. The van der Waals surface area contributed by atoms with Crippen molar-refractivity contribution in [3.05, 3.63) is 23.8 Å². The first-order valence-corrected chi connectivity index (χ1v) is 6.83. The maximum absolute atomic E-state index is 5.68. The largest absolute Gasteiger partial charge is 0.424 e. The summed E-state index contributed by atoms with van der Waals surface area (Å²) in [4.78, 5) is 0. The Labute approximate surface area is 94.6 Å². The van der Waals surface area contributed by atoms with Gasteiger partial charge in [0.15, 0.2) is 0 Å². The fraction of sp³-hybridized carbons (Fsp3) is 0.333. The average Bonchev–Trinajstić information content (AvgIpc) is 2.23. The van der Waals surface area contributed by atoms with E-state index < -0.39 is 6.72 Å². The van der Waals surface area contributed by atoms with E-state index in [1.54, 1.807) is 18.2 Å². The van der Waals surface area contributed by atoms with Gasteiger partial charge in [0, 0.05) is 31.7 Å². The topological polar surface area (TPSA) is 53.7 Å². The van der Waals surface area contributed by atoms with Crippen LogP contribution in [0, 0.1) is 6.92 Å². The molecule has 0 saturated heterocycles. The number of aryl methyl sites for hydroxylation is 1. The molecule has 0 saturated carbocycles. The van der Waals surface area contributed by atoms with Gasteiger partial charge in [-0.3, -0.25) is 0 Å². The molecule has 1 rings (SSSR count). The lowest BCUT2D eigenvalue weighted by atomic mass is 10.2. The summed E-state index contributed by atoms with van der Waals surface area (Å²) in [6.07, 6.45) is 0. The minimum absolute atomic E-state index is 0.605. The highest BCUT2D eigenvalue weighted by Gasteiger charge is 2.18. The van der Waals surface area contributed by atoms with Crippen molar-refractivity contribution in [1.82, 2.24) is 0 Å². The van der Waals surface area contributed by atoms with Gasteiger partial charge in [-0.15, -0.1) is 0 Å². The Morgan fingerprint density at radius 3 is 2.33 bits per heavy atom. The Morgan fingerprint density at radius 2 is 1.87 bits per heavy atom. The summed E-state index contributed by atoms with van der Waals surface area (Å²) in [5.41, 5.74) is 7.33. The average molecular weight is 247 g/mol. The summed E-state index contributed by atoms with van der Waals surface area (Å²) in [6.45, 7) is -0.751. The van der Waals surface area contributed by atoms with Crippen LogP contribution in [0.3, 0.4) is 0 Å². The van der Waals surface area contributed by atoms with Crippen molar-refractivity contribution in [1.29, 1.82) is 0 Å². The molecular formula is C9H14NO3PS. The van der Waals surface area contributed by atoms with Crippen molar-refractivity contribution in [3.63, 3.8) is 0 Å². The molecule has 84 valence electrons. The smallest absolute Gasteiger partial charge is 0.380 e. The van der Waals surface area contributed by atoms with E-state index in [2.05, 4.69) is 0 Å². The Bertz CT molecular complexity index is 389. The van der Waals surface area contributed by atoms with Crippen LogP contribution in [0.15, 0.2) is 18.2 Å². The predicted molar refractivity (Wildman–Crippen MR) is 64.5 cm³/mol. The number of hydrogen-bond donors (Lipinski definition) is 1. The van der Waals surface area contributed by atoms with E-state index in [9.17, 15) is 0 Å². The molecule has 1 aromatic carbocycles. The van der Waals surface area contributed by atoms with Crippen LogP contribution in [0.2, 0.25) is 0 Å². The first-order valence-electron chi connectivity index (χ1n) is 4.28. The zero-order chi connectivity index (χ0) is 11.5. The van der Waals surface area contributed by atoms with Gasteiger partial charge >= 0.3 is 6.72 Å². The van der Waals surface area contributed by atoms with Crippen LogP contribution in [-0.2, 0) is 20.9 Å². The molecule has 0 spiro atoms. The number of hydrogen-bond acceptors (Lipinski definition) is 5. The van der Waals surface area contributed by atoms with E-state index in [4.69, 9.17) is 31.1 Å². The van der Waals surface area contributed by atoms with Crippen LogP contribution >= 0.6 is 6.72 Å². The molecule has 0 unspecified atom stereocenters. The lowest BCUT2D eigenvalue weighted by Gasteiger charge is -2.18. The van der Waals surface area contributed by atoms with E-state index in [1.807, 2.05) is 6.92 Å². The fourth-order valence-electron chi connectivity index (χ4n) is 0.983. The number of nitrogens with two attached hydrogens (primary N) is 1. The maximum Gasteiger partial charge on any atom is 0.380 e. The summed E-state index contributed by atoms with van der Waals surface area (Å²) in [7, 11) is 2.93. The number of rotatable bonds is 4. The molecule has 1 aromatic rings. The molecule has 0 aliphatic heterocycles. The van der Waals surface area contributed by atoms with Gasteiger partial charge in [0.25, 0.3) is 0 Å². The molecule has 0 bridgehead atoms. The Hall–Kier alpha value is -0.610. The first-order chi connectivity index (χ1) is 7.00. The summed E-state index contributed by atoms with van der Waals surface area (Å²) in [6, 6.07) is 5.30. The molecule has 6 heteroatoms. The molecule has 0 aromatic heterocycles. The van der Waals surface area contributed by atoms with Gasteiger partial charge in [-0.1, -0.05) is 0 Å². The van der Waals surface area contributed by atoms with Gasteiger partial charge in [-0.25, -0.2) is 0 Å². The van der Waals surface area contributed by atoms with E-state index in [0.717, 1.165) is 5.56 Å². The van der Waals surface area contributed by atoms with Gasteiger partial charge in [-0.05, 0) is 30.7 Å². The van der Waals surface area contributed by atoms with Crippen molar-refractivity contribution < 1.29 is 13.6 Å². The van der Waals surface area contributed by atoms with E-state index in [1.165, 1.54) is 14.2 Å². The van der Waals surface area contributed by atoms with Crippen LogP contribution in [0.5, 0.6) is 5.75 Å². The van der Waals surface area contributed by atoms with Crippen LogP contribution in [0.4, 0.5) is 5.69 Å². The van der Waals surface area contributed by atoms with E-state index in [-0.39, 0.29) is 0 Å². The van der Waals surface area contributed by atoms with Gasteiger partial charge in [0.1, 0.15) is 5.75 Å². The molecule has 0 radical (unpaired) electrons. The van der Waals surface area contributed by atoms with E-state index in [0.29, 0.717) is 11.4 Å². The minimum Gasteiger partial charge on any atom is -0.424 e. The second-order valence-corrected chi connectivity index (χ2v) is 6.07. The molecule has 2 N–H and O–H groups in total. The third kappa shape index (κ3) is 3.18. The molecule has 0 amide bonds. The summed E-state index contributed by atoms with van der Waals surface area (Å²) >= 11 is 5.08. The molecule has 0 atom stereocenters. The highest BCUT2D eigenvalue weighted by molar-refractivity contribution is 8.07. The molecule has 0 aliphatic rings. The SMILES string of the molecule is COP(=S)(OC)Oc1ccc(N)c(C)c1. The first kappa shape index (κ1) is 12.5. The van der Waals surface area contributed by atoms with Gasteiger partial charge in [-0.2, -0.15) is 0 Å². The third-order valence-corrected chi connectivity index (χ3v) is 4.35. The van der Waals surface area contributed by atoms with Crippen molar-refractivity contribution in [3.8, 4) is 5.75 Å². The number of anilines is 1. The third-order valence-electron chi connectivity index (χ3n) is 1.91. The Balaban J connectivity index is 2.90. The highest BCUT2D eigenvalue weighted by Crippen LogP contribution is 2.48. The minimum atomic E-state index is -2.65. The highest BCUT2D eigenvalue weighted by atomic mass is 32.5. The van der Waals surface area contributed by atoms with Crippen LogP contribution in [0.25, 0.3) is 0 Å². The van der Waals surface area contributed by atoms with Gasteiger partial charge in [0.05, 0.1) is 0 Å². The van der Waals surface area contributed by atoms with Crippen molar-refractivity contribution in [2.24, 2.45) is 0 Å². The Morgan fingerprint density at radius 1 is 1.27 bits per heavy atom. The van der Waals surface area contributed by atoms with Crippen LogP contribution in [0.1, 0.15) is 5.56 Å². The second-order valence-electron chi connectivity index (χ2n) is 2.92. The monoisotopic (exact) mass is 247 g/mol. The number of benzene rings is 1. The molecule has 0 fully saturated rings. The van der Waals surface area contributed by atoms with Crippen molar-refractivity contribution >= 4 is 24.2 Å². The summed E-state index contributed by atoms with van der Waals surface area (Å²) in [5, 5.41) is 0. The lowest BCUT2D eigenvalue weighted by molar-refractivity contribution is 0.273. The van der Waals surface area contributed by atoms with Crippen LogP contribution in [-0.4, -0.2) is 14.2 Å². The molecule has 15 heavy (non-hydrogen) atoms. The van der Waals surface area contributed by atoms with Gasteiger partial charge < -0.3 is 19.3 Å². The van der Waals surface area contributed by atoms with Crippen molar-refractivity contribution in [2.45, 2.75) is 6.92 Å². The zero-order valence-electron chi connectivity index (χ0n) is 8.89. The standard InChI is InChI=1S/C9H14NO3PS/c1-7-6-8(4-5-9(7)10)13-14(15,11-2)12-3/h4-6H,10H2,1-3H3. The van der Waals surface area contributed by atoms with Crippen molar-refractivity contribution in [2.75, 3.05) is 20.0 Å². The second kappa shape index (κ2) is 4.94. The fourth-order valence-corrected chi connectivity index (χ4v) is 1.91. The van der Waals surface area contributed by atoms with E-state index >= 15 is 0 Å². The Kier molecular flexibility index (Phi) is 4.11. The molecule has 0 aliphatic carbocycles. The maximum atomic E-state index is 5.68. The van der Waals surface area contributed by atoms with Gasteiger partial charge in [0.2, 0.25) is 0 Å². The summed E-state index contributed by atoms with van der Waals surface area (Å²) in [5.74, 6) is 0.605. The quantitative estimate of drug-likeness (QED) is 0.654. The normalized spacial score (nSPS) is 11.4. The van der Waals surface area contributed by atoms with Crippen LogP contribution < -0.4 is 10.3 Å². The predicted octanol–water partition coefficient (Wildman–Crippen LogP) is 2.47. The molecule has 4 nitrogen and oxygen atoms in total.